The van der Waals surface area contributed by atoms with Gasteiger partial charge in [-0.1, -0.05) is 12.0 Å². The van der Waals surface area contributed by atoms with Gasteiger partial charge in [0.25, 0.3) is 5.69 Å². The number of benzene rings is 1. The average Bonchev–Trinajstić information content (AvgIpc) is 3.49. The zero-order valence-electron chi connectivity index (χ0n) is 18.6. The van der Waals surface area contributed by atoms with E-state index >= 15 is 0 Å². The summed E-state index contributed by atoms with van der Waals surface area (Å²) < 4.78 is 31.0. The molecule has 35 heavy (non-hydrogen) atoms. The summed E-state index contributed by atoms with van der Waals surface area (Å²) in [5, 5.41) is 30.8. The minimum absolute atomic E-state index is 0.129. The molecule has 0 fully saturated rings. The van der Waals surface area contributed by atoms with Gasteiger partial charge in [0.15, 0.2) is 0 Å². The second kappa shape index (κ2) is 9.40. The maximum Gasteiger partial charge on any atom is 0.287 e. The third-order valence-electron chi connectivity index (χ3n) is 5.56. The topological polar surface area (TPSA) is 125 Å². The van der Waals surface area contributed by atoms with E-state index in [-0.39, 0.29) is 17.8 Å². The smallest absolute Gasteiger partial charge is 0.287 e. The van der Waals surface area contributed by atoms with E-state index in [1.165, 1.54) is 40.3 Å². The van der Waals surface area contributed by atoms with E-state index < -0.39 is 28.2 Å². The molecule has 3 heterocycles. The van der Waals surface area contributed by atoms with Crippen LogP contribution in [0.1, 0.15) is 35.3 Å². The molecule has 0 radical (unpaired) electrons. The maximum atomic E-state index is 14.7. The van der Waals surface area contributed by atoms with E-state index in [9.17, 15) is 24.0 Å². The highest BCUT2D eigenvalue weighted by molar-refractivity contribution is 5.44. The molecule has 0 saturated carbocycles. The van der Waals surface area contributed by atoms with Crippen LogP contribution in [0.25, 0.3) is 0 Å². The fourth-order valence-electron chi connectivity index (χ4n) is 3.60. The van der Waals surface area contributed by atoms with Crippen LogP contribution in [-0.4, -0.2) is 39.6 Å². The molecule has 178 valence electrons. The second-order valence-electron chi connectivity index (χ2n) is 7.89. The molecule has 0 amide bonds. The summed E-state index contributed by atoms with van der Waals surface area (Å²) in [4.78, 5) is 18.2. The number of aliphatic hydroxyl groups is 1. The predicted octanol–water partition coefficient (Wildman–Crippen LogP) is 2.91. The molecule has 2 atom stereocenters. The first-order valence-electron chi connectivity index (χ1n) is 10.3. The standard InChI is InChI=1S/C23H19F2N7O3/c1-15-7-19(32(34)35)10-27-22(15)6-3-17-9-28-31(11-17)16(2)23(33,12-30-14-26-13-29-30)20-5-4-18(24)8-21(20)25/h4-5,7-11,13-14,16,33H,12H2,1-2H3/t16-,23-/m1/s1. The molecule has 0 aliphatic heterocycles. The summed E-state index contributed by atoms with van der Waals surface area (Å²) in [5.74, 6) is 4.05. The van der Waals surface area contributed by atoms with Gasteiger partial charge < -0.3 is 5.11 Å². The van der Waals surface area contributed by atoms with Gasteiger partial charge in [-0.3, -0.25) is 14.8 Å². The molecule has 0 saturated heterocycles. The summed E-state index contributed by atoms with van der Waals surface area (Å²) in [5.41, 5.74) is -0.753. The van der Waals surface area contributed by atoms with E-state index in [0.717, 1.165) is 12.3 Å². The number of hydrogen-bond donors (Lipinski definition) is 1. The van der Waals surface area contributed by atoms with Crippen LogP contribution in [0.5, 0.6) is 0 Å². The lowest BCUT2D eigenvalue weighted by atomic mass is 9.86. The van der Waals surface area contributed by atoms with Crippen molar-refractivity contribution in [2.45, 2.75) is 32.0 Å². The van der Waals surface area contributed by atoms with Crippen LogP contribution in [0.4, 0.5) is 14.5 Å². The van der Waals surface area contributed by atoms with Crippen LogP contribution in [0.15, 0.2) is 55.5 Å². The minimum Gasteiger partial charge on any atom is -0.381 e. The van der Waals surface area contributed by atoms with Crippen LogP contribution in [-0.2, 0) is 12.1 Å². The first kappa shape index (κ1) is 23.7. The summed E-state index contributed by atoms with van der Waals surface area (Å²) in [6.07, 6.45) is 6.80. The highest BCUT2D eigenvalue weighted by Crippen LogP contribution is 2.36. The van der Waals surface area contributed by atoms with E-state index in [0.29, 0.717) is 22.9 Å². The Kier molecular flexibility index (Phi) is 6.35. The molecule has 12 heteroatoms. The van der Waals surface area contributed by atoms with Gasteiger partial charge in [-0.15, -0.1) is 0 Å². The van der Waals surface area contributed by atoms with Gasteiger partial charge in [-0.05, 0) is 31.4 Å². The predicted molar refractivity (Wildman–Crippen MR) is 119 cm³/mol. The van der Waals surface area contributed by atoms with Crippen molar-refractivity contribution in [3.8, 4) is 11.8 Å². The van der Waals surface area contributed by atoms with Crippen LogP contribution < -0.4 is 0 Å². The van der Waals surface area contributed by atoms with Gasteiger partial charge in [0.1, 0.15) is 41.8 Å². The lowest BCUT2D eigenvalue weighted by Crippen LogP contribution is -2.40. The van der Waals surface area contributed by atoms with Crippen LogP contribution >= 0.6 is 0 Å². The largest absolute Gasteiger partial charge is 0.381 e. The Labute approximate surface area is 198 Å². The number of halogens is 2. The van der Waals surface area contributed by atoms with Gasteiger partial charge in [0.2, 0.25) is 0 Å². The molecule has 4 aromatic rings. The number of hydrogen-bond acceptors (Lipinski definition) is 7. The van der Waals surface area contributed by atoms with Crippen molar-refractivity contribution in [3.05, 3.63) is 99.6 Å². The monoisotopic (exact) mass is 479 g/mol. The third kappa shape index (κ3) is 4.90. The normalized spacial score (nSPS) is 13.5. The van der Waals surface area contributed by atoms with Crippen molar-refractivity contribution in [3.63, 3.8) is 0 Å². The number of aromatic nitrogens is 6. The van der Waals surface area contributed by atoms with E-state index in [4.69, 9.17) is 0 Å². The van der Waals surface area contributed by atoms with Crippen molar-refractivity contribution in [2.24, 2.45) is 0 Å². The zero-order chi connectivity index (χ0) is 25.2. The second-order valence-corrected chi connectivity index (χ2v) is 7.89. The number of pyridine rings is 1. The van der Waals surface area contributed by atoms with Crippen LogP contribution in [0.3, 0.4) is 0 Å². The molecule has 1 aromatic carbocycles. The Morgan fingerprint density at radius 1 is 1.23 bits per heavy atom. The number of aryl methyl sites for hydroxylation is 1. The van der Waals surface area contributed by atoms with Gasteiger partial charge >= 0.3 is 0 Å². The molecular formula is C23H19F2N7O3. The minimum atomic E-state index is -1.88. The molecule has 0 spiro atoms. The van der Waals surface area contributed by atoms with E-state index in [1.54, 1.807) is 20.0 Å². The molecule has 0 bridgehead atoms. The van der Waals surface area contributed by atoms with Gasteiger partial charge in [0, 0.05) is 23.9 Å². The van der Waals surface area contributed by atoms with E-state index in [2.05, 4.69) is 32.0 Å². The highest BCUT2D eigenvalue weighted by atomic mass is 19.1. The SMILES string of the molecule is Cc1cc([N+](=O)[O-])cnc1C#Cc1cnn([C@H](C)[C@](O)(Cn2cncn2)c2ccc(F)cc2F)c1. The molecule has 0 unspecified atom stereocenters. The molecule has 10 nitrogen and oxygen atoms in total. The summed E-state index contributed by atoms with van der Waals surface area (Å²) >= 11 is 0. The lowest BCUT2D eigenvalue weighted by molar-refractivity contribution is -0.385. The molecule has 1 N–H and O–H groups in total. The maximum absolute atomic E-state index is 14.7. The lowest BCUT2D eigenvalue weighted by Gasteiger charge is -2.34. The third-order valence-corrected chi connectivity index (χ3v) is 5.56. The van der Waals surface area contributed by atoms with Crippen molar-refractivity contribution in [1.29, 1.82) is 0 Å². The van der Waals surface area contributed by atoms with E-state index in [1.807, 2.05) is 0 Å². The summed E-state index contributed by atoms with van der Waals surface area (Å²) in [6.45, 7) is 3.12. The van der Waals surface area contributed by atoms with Gasteiger partial charge in [0.05, 0.1) is 29.3 Å². The summed E-state index contributed by atoms with van der Waals surface area (Å²) in [7, 11) is 0. The summed E-state index contributed by atoms with van der Waals surface area (Å²) in [6, 6.07) is 3.50. The fourth-order valence-corrected chi connectivity index (χ4v) is 3.60. The Hall–Kier alpha value is -4.50. The first-order chi connectivity index (χ1) is 16.7. The van der Waals surface area contributed by atoms with Crippen molar-refractivity contribution in [2.75, 3.05) is 0 Å². The Bertz CT molecular complexity index is 1440. The zero-order valence-corrected chi connectivity index (χ0v) is 18.6. The Balaban J connectivity index is 1.66. The van der Waals surface area contributed by atoms with Crippen molar-refractivity contribution < 1.29 is 18.8 Å². The molecular weight excluding hydrogens is 460 g/mol. The van der Waals surface area contributed by atoms with Crippen molar-refractivity contribution >= 4 is 5.69 Å². The van der Waals surface area contributed by atoms with Crippen LogP contribution in [0, 0.1) is 40.5 Å². The van der Waals surface area contributed by atoms with Crippen LogP contribution in [0.2, 0.25) is 0 Å². The number of rotatable bonds is 6. The average molecular weight is 479 g/mol. The first-order valence-corrected chi connectivity index (χ1v) is 10.3. The molecule has 3 aromatic heterocycles. The highest BCUT2D eigenvalue weighted by Gasteiger charge is 2.40. The number of nitrogens with zero attached hydrogens (tertiary/aromatic N) is 7. The fraction of sp³-hybridized carbons (Fsp3) is 0.217. The van der Waals surface area contributed by atoms with Gasteiger partial charge in [-0.25, -0.2) is 23.4 Å². The van der Waals surface area contributed by atoms with Crippen molar-refractivity contribution in [1.82, 2.24) is 29.5 Å². The Morgan fingerprint density at radius 2 is 2.03 bits per heavy atom. The molecule has 4 rings (SSSR count). The number of nitro groups is 1. The quantitative estimate of drug-likeness (QED) is 0.256. The molecule has 0 aliphatic carbocycles. The molecule has 0 aliphatic rings. The van der Waals surface area contributed by atoms with Gasteiger partial charge in [-0.2, -0.15) is 10.2 Å². The Morgan fingerprint density at radius 3 is 2.69 bits per heavy atom.